The summed E-state index contributed by atoms with van der Waals surface area (Å²) in [6, 6.07) is 2.48. The number of nitrogens with zero attached hydrogens (tertiary/aromatic N) is 2. The molecule has 1 aromatic heterocycles. The van der Waals surface area contributed by atoms with Crippen LogP contribution < -0.4 is 5.73 Å². The summed E-state index contributed by atoms with van der Waals surface area (Å²) in [6.07, 6.45) is -4.28. The predicted octanol–water partition coefficient (Wildman–Crippen LogP) is 3.48. The third-order valence-electron chi connectivity index (χ3n) is 3.19. The van der Waals surface area contributed by atoms with Crippen molar-refractivity contribution in [3.8, 4) is 11.5 Å². The molecule has 2 aromatic rings. The third kappa shape index (κ3) is 3.05. The van der Waals surface area contributed by atoms with Crippen LogP contribution >= 0.6 is 0 Å². The lowest BCUT2D eigenvalue weighted by Gasteiger charge is -2.16. The zero-order chi connectivity index (χ0) is 15.8. The van der Waals surface area contributed by atoms with Gasteiger partial charge in [0.25, 0.3) is 5.89 Å². The van der Waals surface area contributed by atoms with Crippen LogP contribution in [0.3, 0.4) is 0 Å². The quantitative estimate of drug-likeness (QED) is 0.882. The Morgan fingerprint density at radius 1 is 1.29 bits per heavy atom. The van der Waals surface area contributed by atoms with Gasteiger partial charge < -0.3 is 10.3 Å². The Kier molecular flexibility index (Phi) is 3.75. The highest BCUT2D eigenvalue weighted by Crippen LogP contribution is 2.34. The smallest absolute Gasteiger partial charge is 0.334 e. The molecule has 0 spiro atoms. The lowest BCUT2D eigenvalue weighted by Crippen LogP contribution is -2.33. The van der Waals surface area contributed by atoms with Crippen molar-refractivity contribution in [1.82, 2.24) is 10.1 Å². The Hall–Kier alpha value is -1.96. The van der Waals surface area contributed by atoms with Gasteiger partial charge in [-0.1, -0.05) is 12.1 Å². The van der Waals surface area contributed by atoms with Gasteiger partial charge in [-0.15, -0.1) is 0 Å². The molecule has 4 nitrogen and oxygen atoms in total. The average molecular weight is 303 g/mol. The van der Waals surface area contributed by atoms with Crippen molar-refractivity contribution in [2.24, 2.45) is 5.73 Å². The first-order chi connectivity index (χ1) is 9.65. The maximum Gasteiger partial charge on any atom is 0.419 e. The van der Waals surface area contributed by atoms with Gasteiger partial charge >= 0.3 is 6.18 Å². The number of rotatable bonds is 3. The molecule has 0 aliphatic heterocycles. The Balaban J connectivity index is 2.44. The van der Waals surface area contributed by atoms with E-state index in [0.29, 0.717) is 18.6 Å². The summed E-state index contributed by atoms with van der Waals surface area (Å²) in [5.41, 5.74) is 3.67. The van der Waals surface area contributed by atoms with Crippen molar-refractivity contribution in [3.05, 3.63) is 35.4 Å². The first-order valence-electron chi connectivity index (χ1n) is 6.15. The number of hydrogen-bond donors (Lipinski definition) is 1. The van der Waals surface area contributed by atoms with Crippen molar-refractivity contribution < 1.29 is 22.1 Å². The van der Waals surface area contributed by atoms with Crippen LogP contribution in [0, 0.1) is 5.82 Å². The van der Waals surface area contributed by atoms with E-state index in [0.717, 1.165) is 6.07 Å². The zero-order valence-electron chi connectivity index (χ0n) is 11.3. The van der Waals surface area contributed by atoms with E-state index in [2.05, 4.69) is 10.1 Å². The fourth-order valence-corrected chi connectivity index (χ4v) is 1.61. The van der Waals surface area contributed by atoms with Gasteiger partial charge in [0.15, 0.2) is 5.82 Å². The highest BCUT2D eigenvalue weighted by molar-refractivity contribution is 5.54. The molecule has 21 heavy (non-hydrogen) atoms. The lowest BCUT2D eigenvalue weighted by atomic mass is 10.00. The van der Waals surface area contributed by atoms with E-state index in [1.165, 1.54) is 0 Å². The molecule has 1 atom stereocenters. The van der Waals surface area contributed by atoms with Crippen LogP contribution in [0.25, 0.3) is 11.5 Å². The SMILES string of the molecule is CCC(C)(N)c1noc(-c2ccc(F)c(C(F)(F)F)c2)n1. The minimum Gasteiger partial charge on any atom is -0.334 e. The van der Waals surface area contributed by atoms with E-state index in [-0.39, 0.29) is 17.3 Å². The van der Waals surface area contributed by atoms with Crippen molar-refractivity contribution in [2.75, 3.05) is 0 Å². The van der Waals surface area contributed by atoms with Gasteiger partial charge in [0, 0.05) is 5.56 Å². The predicted molar refractivity (Wildman–Crippen MR) is 66.5 cm³/mol. The Morgan fingerprint density at radius 3 is 2.52 bits per heavy atom. The van der Waals surface area contributed by atoms with Gasteiger partial charge in [-0.3, -0.25) is 0 Å². The summed E-state index contributed by atoms with van der Waals surface area (Å²) in [5.74, 6) is -1.32. The molecule has 1 unspecified atom stereocenters. The van der Waals surface area contributed by atoms with Crippen LogP contribution in [0.5, 0.6) is 0 Å². The average Bonchev–Trinajstić information content (AvgIpc) is 2.88. The number of nitrogens with two attached hydrogens (primary N) is 1. The lowest BCUT2D eigenvalue weighted by molar-refractivity contribution is -0.139. The Labute approximate surface area is 118 Å². The van der Waals surface area contributed by atoms with Gasteiger partial charge in [-0.25, -0.2) is 4.39 Å². The highest BCUT2D eigenvalue weighted by atomic mass is 19.4. The van der Waals surface area contributed by atoms with Gasteiger partial charge in [-0.05, 0) is 31.5 Å². The zero-order valence-corrected chi connectivity index (χ0v) is 11.3. The number of alkyl halides is 3. The van der Waals surface area contributed by atoms with Gasteiger partial charge in [0.1, 0.15) is 5.82 Å². The molecule has 114 valence electrons. The van der Waals surface area contributed by atoms with E-state index in [4.69, 9.17) is 10.3 Å². The van der Waals surface area contributed by atoms with Gasteiger partial charge in [-0.2, -0.15) is 18.2 Å². The third-order valence-corrected chi connectivity index (χ3v) is 3.19. The summed E-state index contributed by atoms with van der Waals surface area (Å²) in [4.78, 5) is 3.98. The maximum absolute atomic E-state index is 13.2. The highest BCUT2D eigenvalue weighted by Gasteiger charge is 2.35. The van der Waals surface area contributed by atoms with Crippen LogP contribution in [0.2, 0.25) is 0 Å². The summed E-state index contributed by atoms with van der Waals surface area (Å²) in [6.45, 7) is 3.49. The first kappa shape index (κ1) is 15.4. The monoisotopic (exact) mass is 303 g/mol. The molecule has 1 aromatic carbocycles. The molecule has 0 bridgehead atoms. The maximum atomic E-state index is 13.2. The Bertz CT molecular complexity index is 649. The summed E-state index contributed by atoms with van der Waals surface area (Å²) < 4.78 is 56.1. The van der Waals surface area contributed by atoms with Crippen molar-refractivity contribution >= 4 is 0 Å². The van der Waals surface area contributed by atoms with Crippen LogP contribution in [-0.4, -0.2) is 10.1 Å². The fraction of sp³-hybridized carbons (Fsp3) is 0.385. The van der Waals surface area contributed by atoms with E-state index >= 15 is 0 Å². The molecule has 2 rings (SSSR count). The van der Waals surface area contributed by atoms with Crippen LogP contribution in [0.4, 0.5) is 17.6 Å². The van der Waals surface area contributed by atoms with Crippen molar-refractivity contribution in [3.63, 3.8) is 0 Å². The molecule has 0 aliphatic rings. The number of benzene rings is 1. The molecular weight excluding hydrogens is 290 g/mol. The molecule has 0 aliphatic carbocycles. The second-order valence-corrected chi connectivity index (χ2v) is 4.89. The summed E-state index contributed by atoms with van der Waals surface area (Å²) in [5, 5.41) is 3.66. The van der Waals surface area contributed by atoms with E-state index in [1.54, 1.807) is 6.92 Å². The van der Waals surface area contributed by atoms with Crippen molar-refractivity contribution in [1.29, 1.82) is 0 Å². The van der Waals surface area contributed by atoms with E-state index in [9.17, 15) is 17.6 Å². The van der Waals surface area contributed by atoms with E-state index < -0.39 is 23.1 Å². The van der Waals surface area contributed by atoms with Crippen molar-refractivity contribution in [2.45, 2.75) is 32.0 Å². The van der Waals surface area contributed by atoms with Gasteiger partial charge in [0.05, 0.1) is 11.1 Å². The first-order valence-corrected chi connectivity index (χ1v) is 6.15. The molecule has 2 N–H and O–H groups in total. The normalized spacial score (nSPS) is 15.0. The molecule has 0 amide bonds. The van der Waals surface area contributed by atoms with Crippen LogP contribution in [0.15, 0.2) is 22.7 Å². The second-order valence-electron chi connectivity index (χ2n) is 4.89. The summed E-state index contributed by atoms with van der Waals surface area (Å²) >= 11 is 0. The van der Waals surface area contributed by atoms with Crippen LogP contribution in [0.1, 0.15) is 31.7 Å². The molecule has 0 saturated heterocycles. The minimum atomic E-state index is -4.80. The number of halogens is 4. The van der Waals surface area contributed by atoms with Crippen LogP contribution in [-0.2, 0) is 11.7 Å². The van der Waals surface area contributed by atoms with E-state index in [1.807, 2.05) is 6.92 Å². The molecule has 8 heteroatoms. The standard InChI is InChI=1S/C13H13F4N3O/c1-3-12(2,18)11-19-10(21-20-11)7-4-5-9(14)8(6-7)13(15,16)17/h4-6H,3,18H2,1-2H3. The van der Waals surface area contributed by atoms with Gasteiger partial charge in [0.2, 0.25) is 0 Å². The molecule has 0 radical (unpaired) electrons. The molecular formula is C13H13F4N3O. The Morgan fingerprint density at radius 2 is 1.95 bits per heavy atom. The number of aromatic nitrogens is 2. The number of hydrogen-bond acceptors (Lipinski definition) is 4. The minimum absolute atomic E-state index is 0.0191. The summed E-state index contributed by atoms with van der Waals surface area (Å²) in [7, 11) is 0. The topological polar surface area (TPSA) is 64.9 Å². The largest absolute Gasteiger partial charge is 0.419 e. The molecule has 0 saturated carbocycles. The second kappa shape index (κ2) is 5.10. The molecule has 0 fully saturated rings. The molecule has 1 heterocycles. The fourth-order valence-electron chi connectivity index (χ4n) is 1.61.